The van der Waals surface area contributed by atoms with E-state index >= 15 is 0 Å². The van der Waals surface area contributed by atoms with Gasteiger partial charge in [-0.15, -0.1) is 0 Å². The van der Waals surface area contributed by atoms with Gasteiger partial charge >= 0.3 is 12.1 Å². The lowest BCUT2D eigenvalue weighted by atomic mass is 10.3. The fourth-order valence-electron chi connectivity index (χ4n) is 1.08. The average Bonchev–Trinajstić information content (AvgIpc) is 2.28. The zero-order chi connectivity index (χ0) is 14.3. The first-order valence-corrected chi connectivity index (χ1v) is 4.89. The van der Waals surface area contributed by atoms with Gasteiger partial charge in [-0.25, -0.2) is 4.79 Å². The van der Waals surface area contributed by atoms with Crippen LogP contribution in [0.3, 0.4) is 0 Å². The first-order chi connectivity index (χ1) is 8.18. The standard InChI is InChI=1S/C6H14N4O.C2HF3O2/c7-3-5-4-10(6(8)9)1-2-11-5;3-2(4,5)1(6)7/h5H,1-4,7H2,(H3,8,9);(H,6,7). The summed E-state index contributed by atoms with van der Waals surface area (Å²) in [7, 11) is 0. The summed E-state index contributed by atoms with van der Waals surface area (Å²) in [5, 5.41) is 14.3. The second kappa shape index (κ2) is 7.01. The molecular weight excluding hydrogens is 257 g/mol. The lowest BCUT2D eigenvalue weighted by molar-refractivity contribution is -0.192. The molecule has 1 fully saturated rings. The SMILES string of the molecule is N=C(N)N1CCOC(CN)C1.O=C(O)C(F)(F)F. The molecule has 0 radical (unpaired) electrons. The molecular formula is C8H15F3N4O3. The fraction of sp³-hybridized carbons (Fsp3) is 0.750. The molecule has 0 aromatic heterocycles. The van der Waals surface area contributed by atoms with Crippen LogP contribution in [0.1, 0.15) is 0 Å². The van der Waals surface area contributed by atoms with Crippen LogP contribution < -0.4 is 11.5 Å². The van der Waals surface area contributed by atoms with Gasteiger partial charge in [-0.3, -0.25) is 5.41 Å². The maximum atomic E-state index is 10.6. The van der Waals surface area contributed by atoms with E-state index in [1.54, 1.807) is 4.90 Å². The topological polar surface area (TPSA) is 126 Å². The molecule has 1 heterocycles. The highest BCUT2D eigenvalue weighted by Crippen LogP contribution is 2.13. The molecule has 6 N–H and O–H groups in total. The van der Waals surface area contributed by atoms with Gasteiger partial charge in [0.1, 0.15) is 0 Å². The predicted octanol–water partition coefficient (Wildman–Crippen LogP) is -0.827. The molecule has 0 bridgehead atoms. The molecule has 0 aliphatic carbocycles. The van der Waals surface area contributed by atoms with Crippen LogP contribution in [0.2, 0.25) is 0 Å². The van der Waals surface area contributed by atoms with Gasteiger partial charge in [0, 0.05) is 19.6 Å². The highest BCUT2D eigenvalue weighted by molar-refractivity contribution is 5.74. The van der Waals surface area contributed by atoms with Gasteiger partial charge < -0.3 is 26.2 Å². The van der Waals surface area contributed by atoms with Crippen molar-refractivity contribution in [1.29, 1.82) is 5.41 Å². The Bertz CT molecular complexity index is 298. The van der Waals surface area contributed by atoms with Crippen molar-refractivity contribution in [2.24, 2.45) is 11.5 Å². The van der Waals surface area contributed by atoms with Gasteiger partial charge in [-0.2, -0.15) is 13.2 Å². The number of morpholine rings is 1. The number of nitrogens with one attached hydrogen (secondary N) is 1. The minimum atomic E-state index is -5.08. The molecule has 1 aliphatic heterocycles. The number of aliphatic carboxylic acids is 1. The molecule has 18 heavy (non-hydrogen) atoms. The van der Waals surface area contributed by atoms with E-state index in [9.17, 15) is 13.2 Å². The molecule has 0 spiro atoms. The number of ether oxygens (including phenoxy) is 1. The molecule has 0 aromatic rings. The van der Waals surface area contributed by atoms with Crippen molar-refractivity contribution in [3.63, 3.8) is 0 Å². The van der Waals surface area contributed by atoms with E-state index in [0.717, 1.165) is 0 Å². The van der Waals surface area contributed by atoms with Crippen LogP contribution in [-0.2, 0) is 9.53 Å². The largest absolute Gasteiger partial charge is 0.490 e. The van der Waals surface area contributed by atoms with E-state index in [1.807, 2.05) is 0 Å². The zero-order valence-corrected chi connectivity index (χ0v) is 9.41. The number of alkyl halides is 3. The van der Waals surface area contributed by atoms with E-state index < -0.39 is 12.1 Å². The third-order valence-corrected chi connectivity index (χ3v) is 1.98. The summed E-state index contributed by atoms with van der Waals surface area (Å²) >= 11 is 0. The van der Waals surface area contributed by atoms with Gasteiger partial charge in [-0.05, 0) is 0 Å². The molecule has 106 valence electrons. The third-order valence-electron chi connectivity index (χ3n) is 1.98. The van der Waals surface area contributed by atoms with Crippen LogP contribution in [0.5, 0.6) is 0 Å². The highest BCUT2D eigenvalue weighted by atomic mass is 19.4. The van der Waals surface area contributed by atoms with Crippen LogP contribution >= 0.6 is 0 Å². The molecule has 1 unspecified atom stereocenters. The van der Waals surface area contributed by atoms with Crippen molar-refractivity contribution in [2.45, 2.75) is 12.3 Å². The molecule has 7 nitrogen and oxygen atoms in total. The maximum Gasteiger partial charge on any atom is 0.490 e. The number of halogens is 3. The molecule has 1 rings (SSSR count). The van der Waals surface area contributed by atoms with Crippen LogP contribution in [0.4, 0.5) is 13.2 Å². The summed E-state index contributed by atoms with van der Waals surface area (Å²) in [6.45, 7) is 2.45. The molecule has 10 heteroatoms. The van der Waals surface area contributed by atoms with Gasteiger partial charge in [0.05, 0.1) is 12.7 Å². The molecule has 1 saturated heterocycles. The van der Waals surface area contributed by atoms with E-state index in [0.29, 0.717) is 26.2 Å². The van der Waals surface area contributed by atoms with Crippen LogP contribution in [0.15, 0.2) is 0 Å². The van der Waals surface area contributed by atoms with Gasteiger partial charge in [-0.1, -0.05) is 0 Å². The van der Waals surface area contributed by atoms with Crippen molar-refractivity contribution in [3.05, 3.63) is 0 Å². The predicted molar refractivity (Wildman–Crippen MR) is 56.0 cm³/mol. The van der Waals surface area contributed by atoms with Crippen LogP contribution in [0.25, 0.3) is 0 Å². The first kappa shape index (κ1) is 16.4. The second-order valence-corrected chi connectivity index (χ2v) is 3.36. The van der Waals surface area contributed by atoms with Gasteiger partial charge in [0.25, 0.3) is 0 Å². The van der Waals surface area contributed by atoms with Gasteiger partial charge in [0.15, 0.2) is 5.96 Å². The first-order valence-electron chi connectivity index (χ1n) is 4.89. The number of rotatable bonds is 1. The fourth-order valence-corrected chi connectivity index (χ4v) is 1.08. The van der Waals surface area contributed by atoms with E-state index in [2.05, 4.69) is 0 Å². The Morgan fingerprint density at radius 1 is 1.56 bits per heavy atom. The number of nitrogens with zero attached hydrogens (tertiary/aromatic N) is 1. The summed E-state index contributed by atoms with van der Waals surface area (Å²) in [6.07, 6.45) is -5.05. The smallest absolute Gasteiger partial charge is 0.475 e. The Kier molecular flexibility index (Phi) is 6.41. The lowest BCUT2D eigenvalue weighted by Crippen LogP contribution is -2.50. The lowest BCUT2D eigenvalue weighted by Gasteiger charge is -2.32. The summed E-state index contributed by atoms with van der Waals surface area (Å²) in [4.78, 5) is 10.7. The number of guanidine groups is 1. The number of nitrogens with two attached hydrogens (primary N) is 2. The summed E-state index contributed by atoms with van der Waals surface area (Å²) in [6, 6.07) is 0. The van der Waals surface area contributed by atoms with E-state index in [1.165, 1.54) is 0 Å². The van der Waals surface area contributed by atoms with Crippen molar-refractivity contribution in [2.75, 3.05) is 26.2 Å². The minimum Gasteiger partial charge on any atom is -0.475 e. The summed E-state index contributed by atoms with van der Waals surface area (Å²) in [5.41, 5.74) is 10.7. The molecule has 0 saturated carbocycles. The normalized spacial score (nSPS) is 19.8. The maximum absolute atomic E-state index is 10.6. The molecule has 0 amide bonds. The number of hydrogen-bond donors (Lipinski definition) is 4. The minimum absolute atomic E-state index is 0.0349. The Balaban J connectivity index is 0.000000360. The summed E-state index contributed by atoms with van der Waals surface area (Å²) in [5.74, 6) is -2.65. The number of carboxylic acids is 1. The Morgan fingerprint density at radius 2 is 2.06 bits per heavy atom. The second-order valence-electron chi connectivity index (χ2n) is 3.36. The highest BCUT2D eigenvalue weighted by Gasteiger charge is 2.38. The van der Waals surface area contributed by atoms with Gasteiger partial charge in [0.2, 0.25) is 0 Å². The van der Waals surface area contributed by atoms with Crippen molar-refractivity contribution < 1.29 is 27.8 Å². The number of carboxylic acid groups (broad SMARTS) is 1. The van der Waals surface area contributed by atoms with Crippen molar-refractivity contribution >= 4 is 11.9 Å². The zero-order valence-electron chi connectivity index (χ0n) is 9.41. The molecule has 0 aromatic carbocycles. The van der Waals surface area contributed by atoms with E-state index in [4.69, 9.17) is 31.5 Å². The van der Waals surface area contributed by atoms with Crippen molar-refractivity contribution in [3.8, 4) is 0 Å². The number of hydrogen-bond acceptors (Lipinski definition) is 4. The van der Waals surface area contributed by atoms with Crippen LogP contribution in [-0.4, -0.2) is 60.5 Å². The third kappa shape index (κ3) is 6.25. The summed E-state index contributed by atoms with van der Waals surface area (Å²) < 4.78 is 37.0. The average molecular weight is 272 g/mol. The molecule has 1 atom stereocenters. The Morgan fingerprint density at radius 3 is 2.39 bits per heavy atom. The quantitative estimate of drug-likeness (QED) is 0.365. The van der Waals surface area contributed by atoms with E-state index in [-0.39, 0.29) is 12.1 Å². The Labute approximate surface area is 101 Å². The monoisotopic (exact) mass is 272 g/mol. The molecule has 1 aliphatic rings. The van der Waals surface area contributed by atoms with Crippen molar-refractivity contribution in [1.82, 2.24) is 4.90 Å². The number of carbonyl (C=O) groups is 1. The van der Waals surface area contributed by atoms with Crippen LogP contribution in [0, 0.1) is 5.41 Å². The Hall–Kier alpha value is -1.55.